The van der Waals surface area contributed by atoms with E-state index in [9.17, 15) is 14.4 Å². The van der Waals surface area contributed by atoms with Crippen LogP contribution in [0.4, 0.5) is 0 Å². The predicted molar refractivity (Wildman–Crippen MR) is 147 cm³/mol. The highest BCUT2D eigenvalue weighted by atomic mass is 16.5. The molecule has 1 aliphatic heterocycles. The first-order valence-corrected chi connectivity index (χ1v) is 13.2. The van der Waals surface area contributed by atoms with E-state index >= 15 is 0 Å². The third kappa shape index (κ3) is 5.28. The van der Waals surface area contributed by atoms with Crippen LogP contribution in [0.25, 0.3) is 0 Å². The summed E-state index contributed by atoms with van der Waals surface area (Å²) in [6, 6.07) is 12.5. The van der Waals surface area contributed by atoms with Crippen LogP contribution in [0.15, 0.2) is 65.0 Å². The summed E-state index contributed by atoms with van der Waals surface area (Å²) in [6.45, 7) is 5.47. The van der Waals surface area contributed by atoms with E-state index in [2.05, 4.69) is 5.32 Å². The second-order valence-electron chi connectivity index (χ2n) is 9.50. The fourth-order valence-corrected chi connectivity index (χ4v) is 5.58. The molecule has 1 aliphatic carbocycles. The van der Waals surface area contributed by atoms with E-state index < -0.39 is 35.5 Å². The molecule has 1 N–H and O–H groups in total. The Labute approximate surface area is 234 Å². The van der Waals surface area contributed by atoms with Crippen molar-refractivity contribution >= 4 is 17.7 Å². The number of ketones is 1. The van der Waals surface area contributed by atoms with Crippen LogP contribution in [0.3, 0.4) is 0 Å². The number of methoxy groups -OCH3 is 3. The van der Waals surface area contributed by atoms with Gasteiger partial charge in [-0.3, -0.25) is 9.59 Å². The van der Waals surface area contributed by atoms with Gasteiger partial charge in [-0.25, -0.2) is 4.79 Å². The molecule has 0 saturated carbocycles. The highest BCUT2D eigenvalue weighted by Crippen LogP contribution is 2.50. The number of nitrogens with one attached hydrogen (secondary N) is 1. The van der Waals surface area contributed by atoms with Crippen molar-refractivity contribution in [3.8, 4) is 17.2 Å². The molecule has 40 heavy (non-hydrogen) atoms. The van der Waals surface area contributed by atoms with Gasteiger partial charge in [0.05, 0.1) is 46.0 Å². The van der Waals surface area contributed by atoms with Crippen molar-refractivity contribution in [2.24, 2.45) is 5.92 Å². The zero-order valence-corrected chi connectivity index (χ0v) is 23.7. The predicted octanol–water partition coefficient (Wildman–Crippen LogP) is 4.43. The molecule has 9 nitrogen and oxygen atoms in total. The highest BCUT2D eigenvalue weighted by Gasteiger charge is 2.49. The van der Waals surface area contributed by atoms with Gasteiger partial charge >= 0.3 is 11.9 Å². The van der Waals surface area contributed by atoms with Gasteiger partial charge in [-0.1, -0.05) is 12.1 Å². The Kier molecular flexibility index (Phi) is 8.82. The Morgan fingerprint density at radius 2 is 1.62 bits per heavy atom. The number of esters is 2. The molecule has 212 valence electrons. The normalized spacial score (nSPS) is 20.4. The van der Waals surface area contributed by atoms with Crippen LogP contribution in [0, 0.1) is 5.92 Å². The van der Waals surface area contributed by atoms with E-state index in [4.69, 9.17) is 23.7 Å². The Hall–Kier alpha value is -4.27. The zero-order valence-electron chi connectivity index (χ0n) is 23.7. The summed E-state index contributed by atoms with van der Waals surface area (Å²) < 4.78 is 27.4. The van der Waals surface area contributed by atoms with E-state index in [1.807, 2.05) is 18.2 Å². The van der Waals surface area contributed by atoms with Gasteiger partial charge in [0.15, 0.2) is 5.78 Å². The number of hydrogen-bond acceptors (Lipinski definition) is 9. The van der Waals surface area contributed by atoms with E-state index in [-0.39, 0.29) is 18.8 Å². The van der Waals surface area contributed by atoms with E-state index in [0.29, 0.717) is 46.2 Å². The first-order valence-electron chi connectivity index (χ1n) is 13.2. The van der Waals surface area contributed by atoms with Gasteiger partial charge in [0.1, 0.15) is 23.2 Å². The molecule has 0 amide bonds. The molecule has 0 fully saturated rings. The number of benzene rings is 2. The lowest BCUT2D eigenvalue weighted by atomic mass is 9.67. The number of carbonyl (C=O) groups is 3. The minimum atomic E-state index is -1.13. The van der Waals surface area contributed by atoms with Crippen molar-refractivity contribution in [1.29, 1.82) is 0 Å². The van der Waals surface area contributed by atoms with Gasteiger partial charge in [0.25, 0.3) is 0 Å². The summed E-state index contributed by atoms with van der Waals surface area (Å²) in [4.78, 5) is 41.3. The van der Waals surface area contributed by atoms with Crippen molar-refractivity contribution in [3.63, 3.8) is 0 Å². The van der Waals surface area contributed by atoms with Crippen molar-refractivity contribution in [3.05, 3.63) is 76.1 Å². The molecule has 1 heterocycles. The zero-order chi connectivity index (χ0) is 29.0. The molecule has 0 unspecified atom stereocenters. The van der Waals surface area contributed by atoms with Crippen molar-refractivity contribution < 1.29 is 38.1 Å². The van der Waals surface area contributed by atoms with Crippen molar-refractivity contribution in [1.82, 2.24) is 5.32 Å². The Balaban J connectivity index is 1.96. The monoisotopic (exact) mass is 549 g/mol. The lowest BCUT2D eigenvalue weighted by molar-refractivity contribution is -0.152. The standard InChI is InChI=1S/C31H35NO8/c1-7-39-30(34)25-17(3)32-23-16-21(18-10-9-11-19(14-18)36-4)27(31(35)40-8-2)29(33)28(23)26(25)22-15-20(37-5)12-13-24(22)38-6/h9-15,21,26-27,32H,7-8,16H2,1-6H3/t21-,26-,27-/m1/s1. The van der Waals surface area contributed by atoms with E-state index in [1.54, 1.807) is 52.1 Å². The number of Topliss-reactive ketones (excluding diaryl/α,β-unsaturated/α-hetero) is 1. The SMILES string of the molecule is CCOC(=O)C1=C(C)NC2=C(C(=O)[C@H](C(=O)OCC)[C@@H](c3cccc(OC)c3)C2)[C@@H]1c1cc(OC)ccc1OC. The molecule has 0 radical (unpaired) electrons. The molecular weight excluding hydrogens is 514 g/mol. The van der Waals surface area contributed by atoms with Crippen molar-refractivity contribution in [2.75, 3.05) is 34.5 Å². The average Bonchev–Trinajstić information content (AvgIpc) is 2.96. The number of allylic oxidation sites excluding steroid dienone is 3. The first-order chi connectivity index (χ1) is 19.3. The minimum absolute atomic E-state index is 0.123. The highest BCUT2D eigenvalue weighted by molar-refractivity contribution is 6.13. The van der Waals surface area contributed by atoms with Gasteiger partial charge < -0.3 is 29.0 Å². The van der Waals surface area contributed by atoms with Crippen LogP contribution < -0.4 is 19.5 Å². The van der Waals surface area contributed by atoms with Crippen LogP contribution in [-0.4, -0.2) is 52.3 Å². The number of hydrogen-bond donors (Lipinski definition) is 1. The van der Waals surface area contributed by atoms with E-state index in [0.717, 1.165) is 5.56 Å². The van der Waals surface area contributed by atoms with Crippen LogP contribution >= 0.6 is 0 Å². The Morgan fingerprint density at radius 3 is 2.27 bits per heavy atom. The third-order valence-corrected chi connectivity index (χ3v) is 7.32. The molecule has 0 spiro atoms. The lowest BCUT2D eigenvalue weighted by Crippen LogP contribution is -2.43. The molecule has 0 aromatic heterocycles. The molecular formula is C31H35NO8. The lowest BCUT2D eigenvalue weighted by Gasteiger charge is -2.39. The smallest absolute Gasteiger partial charge is 0.336 e. The minimum Gasteiger partial charge on any atom is -0.497 e. The molecule has 0 saturated heterocycles. The maximum Gasteiger partial charge on any atom is 0.336 e. The number of ether oxygens (including phenoxy) is 5. The fourth-order valence-electron chi connectivity index (χ4n) is 5.58. The largest absolute Gasteiger partial charge is 0.497 e. The summed E-state index contributed by atoms with van der Waals surface area (Å²) in [7, 11) is 4.62. The summed E-state index contributed by atoms with van der Waals surface area (Å²) in [5.74, 6) is -2.52. The topological polar surface area (TPSA) is 109 Å². The summed E-state index contributed by atoms with van der Waals surface area (Å²) in [5, 5.41) is 3.31. The maximum atomic E-state index is 14.5. The molecule has 2 aromatic rings. The molecule has 2 aromatic carbocycles. The number of rotatable bonds is 9. The summed E-state index contributed by atoms with van der Waals surface area (Å²) in [5.41, 5.74) is 3.07. The van der Waals surface area contributed by atoms with Gasteiger partial charge in [-0.15, -0.1) is 0 Å². The molecule has 2 aliphatic rings. The second-order valence-corrected chi connectivity index (χ2v) is 9.50. The van der Waals surface area contributed by atoms with Gasteiger partial charge in [0, 0.05) is 28.4 Å². The van der Waals surface area contributed by atoms with Gasteiger partial charge in [-0.05, 0) is 63.1 Å². The van der Waals surface area contributed by atoms with Crippen LogP contribution in [-0.2, 0) is 23.9 Å². The van der Waals surface area contributed by atoms with Crippen molar-refractivity contribution in [2.45, 2.75) is 39.0 Å². The van der Waals surface area contributed by atoms with Gasteiger partial charge in [0.2, 0.25) is 0 Å². The molecule has 4 rings (SSSR count). The third-order valence-electron chi connectivity index (χ3n) is 7.32. The molecule has 9 heteroatoms. The van der Waals surface area contributed by atoms with E-state index in [1.165, 1.54) is 14.2 Å². The fraction of sp³-hybridized carbons (Fsp3) is 0.387. The maximum absolute atomic E-state index is 14.5. The molecule has 0 bridgehead atoms. The van der Waals surface area contributed by atoms with Crippen LogP contribution in [0.1, 0.15) is 50.2 Å². The van der Waals surface area contributed by atoms with Crippen LogP contribution in [0.2, 0.25) is 0 Å². The van der Waals surface area contributed by atoms with Crippen LogP contribution in [0.5, 0.6) is 17.2 Å². The first kappa shape index (κ1) is 28.7. The second kappa shape index (κ2) is 12.3. The number of carbonyl (C=O) groups excluding carboxylic acids is 3. The average molecular weight is 550 g/mol. The molecule has 3 atom stereocenters. The Bertz CT molecular complexity index is 1380. The quantitative estimate of drug-likeness (QED) is 0.359. The summed E-state index contributed by atoms with van der Waals surface area (Å²) >= 11 is 0. The summed E-state index contributed by atoms with van der Waals surface area (Å²) in [6.07, 6.45) is 0.327. The van der Waals surface area contributed by atoms with Gasteiger partial charge in [-0.2, -0.15) is 0 Å². The Morgan fingerprint density at radius 1 is 0.925 bits per heavy atom. The number of dihydropyridines is 1.